The van der Waals surface area contributed by atoms with E-state index >= 15 is 0 Å². The molecule has 2 fully saturated rings. The van der Waals surface area contributed by atoms with Crippen LogP contribution in [-0.4, -0.2) is 63.3 Å². The lowest BCUT2D eigenvalue weighted by atomic mass is 9.95. The standard InChI is InChI=1S/C22H34N6O/c1-3-20(22-23-24-25-28(22)19-10-5-4-6-11-19)27-15-13-26(14-16-27)17-18-9-7-8-12-21(18)29-2/h7-9,12,19-20H,3-6,10-11,13-17H2,1-2H3. The maximum Gasteiger partial charge on any atom is 0.168 e. The van der Waals surface area contributed by atoms with Gasteiger partial charge in [-0.15, -0.1) is 5.10 Å². The van der Waals surface area contributed by atoms with Crippen molar-refractivity contribution in [2.75, 3.05) is 33.3 Å². The lowest BCUT2D eigenvalue weighted by Gasteiger charge is -2.39. The summed E-state index contributed by atoms with van der Waals surface area (Å²) in [6.45, 7) is 7.40. The molecule has 0 bridgehead atoms. The van der Waals surface area contributed by atoms with Gasteiger partial charge in [-0.2, -0.15) is 0 Å². The number of ether oxygens (including phenoxy) is 1. The molecule has 1 saturated heterocycles. The van der Waals surface area contributed by atoms with Crippen LogP contribution in [0.3, 0.4) is 0 Å². The maximum atomic E-state index is 5.52. The molecule has 7 nitrogen and oxygen atoms in total. The van der Waals surface area contributed by atoms with E-state index in [9.17, 15) is 0 Å². The maximum absolute atomic E-state index is 5.52. The molecule has 2 aromatic rings. The molecule has 1 saturated carbocycles. The minimum Gasteiger partial charge on any atom is -0.496 e. The van der Waals surface area contributed by atoms with Crippen molar-refractivity contribution in [2.24, 2.45) is 0 Å². The van der Waals surface area contributed by atoms with Crippen molar-refractivity contribution in [1.29, 1.82) is 0 Å². The number of rotatable bonds is 7. The van der Waals surface area contributed by atoms with E-state index in [0.29, 0.717) is 12.1 Å². The van der Waals surface area contributed by atoms with Crippen LogP contribution in [0.15, 0.2) is 24.3 Å². The molecule has 158 valence electrons. The Kier molecular flexibility index (Phi) is 6.77. The molecule has 0 N–H and O–H groups in total. The summed E-state index contributed by atoms with van der Waals surface area (Å²) in [6, 6.07) is 9.12. The van der Waals surface area contributed by atoms with Gasteiger partial charge in [0, 0.05) is 38.3 Å². The summed E-state index contributed by atoms with van der Waals surface area (Å²) in [6.07, 6.45) is 7.39. The average Bonchev–Trinajstić information content (AvgIpc) is 3.26. The van der Waals surface area contributed by atoms with E-state index in [1.54, 1.807) is 7.11 Å². The number of hydrogen-bond acceptors (Lipinski definition) is 6. The minimum atomic E-state index is 0.306. The average molecular weight is 399 g/mol. The van der Waals surface area contributed by atoms with E-state index in [2.05, 4.69) is 49.1 Å². The molecule has 7 heteroatoms. The molecule has 0 radical (unpaired) electrons. The van der Waals surface area contributed by atoms with Gasteiger partial charge in [0.1, 0.15) is 5.75 Å². The number of nitrogens with zero attached hydrogens (tertiary/aromatic N) is 6. The fraction of sp³-hybridized carbons (Fsp3) is 0.682. The Morgan fingerprint density at radius 2 is 1.83 bits per heavy atom. The molecule has 1 aliphatic carbocycles. The Morgan fingerprint density at radius 3 is 2.55 bits per heavy atom. The minimum absolute atomic E-state index is 0.306. The molecule has 1 aliphatic heterocycles. The highest BCUT2D eigenvalue weighted by molar-refractivity contribution is 5.33. The van der Waals surface area contributed by atoms with E-state index in [1.807, 2.05) is 12.1 Å². The van der Waals surface area contributed by atoms with Crippen LogP contribution in [0.1, 0.15) is 68.9 Å². The van der Waals surface area contributed by atoms with Gasteiger partial charge in [-0.05, 0) is 35.8 Å². The third-order valence-corrected chi connectivity index (χ3v) is 6.56. The van der Waals surface area contributed by atoms with Gasteiger partial charge in [-0.1, -0.05) is 44.4 Å². The van der Waals surface area contributed by atoms with Crippen molar-refractivity contribution in [1.82, 2.24) is 30.0 Å². The third kappa shape index (κ3) is 4.61. The molecule has 2 heterocycles. The molecule has 4 rings (SSSR count). The molecule has 2 aliphatic rings. The summed E-state index contributed by atoms with van der Waals surface area (Å²) in [4.78, 5) is 5.09. The molecule has 0 amide bonds. The van der Waals surface area contributed by atoms with Crippen molar-refractivity contribution in [2.45, 2.75) is 64.1 Å². The van der Waals surface area contributed by atoms with Gasteiger partial charge >= 0.3 is 0 Å². The van der Waals surface area contributed by atoms with E-state index in [1.165, 1.54) is 37.7 Å². The van der Waals surface area contributed by atoms with Gasteiger partial charge in [-0.3, -0.25) is 9.80 Å². The zero-order valence-corrected chi connectivity index (χ0v) is 17.8. The normalized spacial score (nSPS) is 20.6. The zero-order chi connectivity index (χ0) is 20.1. The molecule has 1 aromatic heterocycles. The van der Waals surface area contributed by atoms with E-state index in [4.69, 9.17) is 4.74 Å². The summed E-state index contributed by atoms with van der Waals surface area (Å²) in [5, 5.41) is 12.9. The van der Waals surface area contributed by atoms with Crippen molar-refractivity contribution >= 4 is 0 Å². The molecule has 0 spiro atoms. The van der Waals surface area contributed by atoms with Crippen LogP contribution >= 0.6 is 0 Å². The predicted molar refractivity (Wildman–Crippen MR) is 113 cm³/mol. The Labute approximate surface area is 174 Å². The van der Waals surface area contributed by atoms with Gasteiger partial charge in [-0.25, -0.2) is 4.68 Å². The number of aromatic nitrogens is 4. The van der Waals surface area contributed by atoms with Crippen LogP contribution in [0.25, 0.3) is 0 Å². The fourth-order valence-electron chi connectivity index (χ4n) is 4.92. The van der Waals surface area contributed by atoms with Crippen molar-refractivity contribution in [3.8, 4) is 5.75 Å². The number of benzene rings is 1. The van der Waals surface area contributed by atoms with Crippen LogP contribution in [0.4, 0.5) is 0 Å². The second kappa shape index (κ2) is 9.67. The molecular weight excluding hydrogens is 364 g/mol. The first kappa shape index (κ1) is 20.3. The molecular formula is C22H34N6O. The number of para-hydroxylation sites is 1. The first-order valence-electron chi connectivity index (χ1n) is 11.2. The number of methoxy groups -OCH3 is 1. The van der Waals surface area contributed by atoms with Crippen LogP contribution in [0, 0.1) is 0 Å². The van der Waals surface area contributed by atoms with Crippen molar-refractivity contribution < 1.29 is 4.74 Å². The summed E-state index contributed by atoms with van der Waals surface area (Å²) >= 11 is 0. The SMILES string of the molecule is CCC(c1nnnn1C1CCCCC1)N1CCN(Cc2ccccc2OC)CC1. The van der Waals surface area contributed by atoms with Gasteiger partial charge < -0.3 is 4.74 Å². The van der Waals surface area contributed by atoms with Crippen molar-refractivity contribution in [3.63, 3.8) is 0 Å². The van der Waals surface area contributed by atoms with Gasteiger partial charge in [0.2, 0.25) is 0 Å². The van der Waals surface area contributed by atoms with Gasteiger partial charge in [0.25, 0.3) is 0 Å². The van der Waals surface area contributed by atoms with E-state index in [-0.39, 0.29) is 0 Å². The largest absolute Gasteiger partial charge is 0.496 e. The Bertz CT molecular complexity index is 764. The van der Waals surface area contributed by atoms with Crippen LogP contribution in [-0.2, 0) is 6.54 Å². The highest BCUT2D eigenvalue weighted by Gasteiger charge is 2.30. The smallest absolute Gasteiger partial charge is 0.168 e. The summed E-state index contributed by atoms with van der Waals surface area (Å²) in [5.74, 6) is 2.05. The monoisotopic (exact) mass is 398 g/mol. The highest BCUT2D eigenvalue weighted by atomic mass is 16.5. The number of tetrazole rings is 1. The Hall–Kier alpha value is -1.99. The molecule has 1 atom stereocenters. The topological polar surface area (TPSA) is 59.3 Å². The second-order valence-electron chi connectivity index (χ2n) is 8.32. The summed E-state index contributed by atoms with van der Waals surface area (Å²) in [5.41, 5.74) is 1.26. The molecule has 29 heavy (non-hydrogen) atoms. The number of hydrogen-bond donors (Lipinski definition) is 0. The Balaban J connectivity index is 1.39. The molecule has 1 unspecified atom stereocenters. The van der Waals surface area contributed by atoms with Crippen LogP contribution in [0.5, 0.6) is 5.75 Å². The van der Waals surface area contributed by atoms with Crippen LogP contribution in [0.2, 0.25) is 0 Å². The first-order valence-corrected chi connectivity index (χ1v) is 11.2. The predicted octanol–water partition coefficient (Wildman–Crippen LogP) is 3.46. The van der Waals surface area contributed by atoms with Gasteiger partial charge in [0.05, 0.1) is 19.2 Å². The Morgan fingerprint density at radius 1 is 1.07 bits per heavy atom. The third-order valence-electron chi connectivity index (χ3n) is 6.56. The van der Waals surface area contributed by atoms with E-state index in [0.717, 1.165) is 50.7 Å². The van der Waals surface area contributed by atoms with Crippen molar-refractivity contribution in [3.05, 3.63) is 35.7 Å². The van der Waals surface area contributed by atoms with Crippen LogP contribution < -0.4 is 4.74 Å². The zero-order valence-electron chi connectivity index (χ0n) is 17.8. The first-order chi connectivity index (χ1) is 14.3. The second-order valence-corrected chi connectivity index (χ2v) is 8.32. The van der Waals surface area contributed by atoms with E-state index < -0.39 is 0 Å². The lowest BCUT2D eigenvalue weighted by molar-refractivity contribution is 0.0822. The van der Waals surface area contributed by atoms with Gasteiger partial charge in [0.15, 0.2) is 5.82 Å². The highest BCUT2D eigenvalue weighted by Crippen LogP contribution is 2.32. The number of piperazine rings is 1. The fourth-order valence-corrected chi connectivity index (χ4v) is 4.92. The molecule has 1 aromatic carbocycles. The lowest BCUT2D eigenvalue weighted by Crippen LogP contribution is -2.47. The summed E-state index contributed by atoms with van der Waals surface area (Å²) < 4.78 is 7.67. The quantitative estimate of drug-likeness (QED) is 0.712. The summed E-state index contributed by atoms with van der Waals surface area (Å²) in [7, 11) is 1.75.